The number of esters is 1. The highest BCUT2D eigenvalue weighted by atomic mass is 79.9. The predicted molar refractivity (Wildman–Crippen MR) is 74.8 cm³/mol. The molecule has 0 aliphatic rings. The highest BCUT2D eigenvalue weighted by Crippen LogP contribution is 2.16. The SMILES string of the molecule is CCC(CC)NC(=O)c1ccc(Br)c(C(=O)OC#N)n1. The van der Waals surface area contributed by atoms with Crippen LogP contribution in [0.25, 0.3) is 0 Å². The van der Waals surface area contributed by atoms with E-state index in [1.54, 1.807) is 0 Å². The van der Waals surface area contributed by atoms with E-state index in [-0.39, 0.29) is 23.3 Å². The molecule has 1 N–H and O–H groups in total. The Kier molecular flexibility index (Phi) is 6.12. The van der Waals surface area contributed by atoms with Gasteiger partial charge < -0.3 is 10.1 Å². The molecule has 0 fully saturated rings. The van der Waals surface area contributed by atoms with Crippen molar-refractivity contribution in [1.82, 2.24) is 10.3 Å². The van der Waals surface area contributed by atoms with Gasteiger partial charge >= 0.3 is 5.97 Å². The van der Waals surface area contributed by atoms with E-state index in [4.69, 9.17) is 5.26 Å². The van der Waals surface area contributed by atoms with E-state index in [0.717, 1.165) is 12.8 Å². The molecule has 1 rings (SSSR count). The van der Waals surface area contributed by atoms with Gasteiger partial charge in [0.15, 0.2) is 5.69 Å². The summed E-state index contributed by atoms with van der Waals surface area (Å²) in [5.41, 5.74) is -0.00580. The van der Waals surface area contributed by atoms with E-state index in [2.05, 4.69) is 31.0 Å². The van der Waals surface area contributed by atoms with Gasteiger partial charge in [-0.1, -0.05) is 13.8 Å². The minimum Gasteiger partial charge on any atom is -0.348 e. The van der Waals surface area contributed by atoms with Crippen molar-refractivity contribution < 1.29 is 14.3 Å². The summed E-state index contributed by atoms with van der Waals surface area (Å²) in [4.78, 5) is 27.4. The number of carbonyl (C=O) groups is 2. The molecule has 0 saturated carbocycles. The number of hydrogen-bond donors (Lipinski definition) is 1. The average Bonchev–Trinajstić information content (AvgIpc) is 2.45. The lowest BCUT2D eigenvalue weighted by molar-refractivity contribution is 0.0677. The molecule has 1 heterocycles. The maximum absolute atomic E-state index is 12.0. The zero-order valence-electron chi connectivity index (χ0n) is 11.1. The molecule has 0 unspecified atom stereocenters. The number of halogens is 1. The second kappa shape index (κ2) is 7.60. The first kappa shape index (κ1) is 16.1. The van der Waals surface area contributed by atoms with E-state index in [0.29, 0.717) is 4.47 Å². The van der Waals surface area contributed by atoms with E-state index in [9.17, 15) is 9.59 Å². The topological polar surface area (TPSA) is 92.1 Å². The molecule has 20 heavy (non-hydrogen) atoms. The van der Waals surface area contributed by atoms with Crippen molar-refractivity contribution in [3.8, 4) is 6.26 Å². The van der Waals surface area contributed by atoms with Gasteiger partial charge in [0.2, 0.25) is 0 Å². The Morgan fingerprint density at radius 3 is 2.65 bits per heavy atom. The Morgan fingerprint density at radius 2 is 2.10 bits per heavy atom. The standard InChI is InChI=1S/C13H14BrN3O3/c1-3-8(4-2)16-12(18)10-6-5-9(14)11(17-10)13(19)20-7-15/h5-6,8H,3-4H2,1-2H3,(H,16,18). The largest absolute Gasteiger partial charge is 0.373 e. The number of rotatable bonds is 5. The minimum absolute atomic E-state index is 0.0578. The van der Waals surface area contributed by atoms with Crippen molar-refractivity contribution in [2.75, 3.05) is 0 Å². The number of carbonyl (C=O) groups excluding carboxylic acids is 2. The average molecular weight is 340 g/mol. The molecule has 0 spiro atoms. The first-order valence-electron chi connectivity index (χ1n) is 6.11. The summed E-state index contributed by atoms with van der Waals surface area (Å²) in [6, 6.07) is 3.07. The van der Waals surface area contributed by atoms with Crippen molar-refractivity contribution in [1.29, 1.82) is 5.26 Å². The number of amides is 1. The predicted octanol–water partition coefficient (Wildman–Crippen LogP) is 2.40. The van der Waals surface area contributed by atoms with Gasteiger partial charge in [0, 0.05) is 6.04 Å². The van der Waals surface area contributed by atoms with Crippen LogP contribution in [0.2, 0.25) is 0 Å². The van der Waals surface area contributed by atoms with Crippen LogP contribution in [0.15, 0.2) is 16.6 Å². The third-order valence-corrected chi connectivity index (χ3v) is 3.37. The van der Waals surface area contributed by atoms with Crippen LogP contribution in [0.3, 0.4) is 0 Å². The Hall–Kier alpha value is -1.94. The summed E-state index contributed by atoms with van der Waals surface area (Å²) < 4.78 is 4.57. The molecule has 1 aromatic heterocycles. The molecule has 6 nitrogen and oxygen atoms in total. The van der Waals surface area contributed by atoms with Gasteiger partial charge in [-0.3, -0.25) is 4.79 Å². The molecule has 0 saturated heterocycles. The minimum atomic E-state index is -0.906. The third-order valence-electron chi connectivity index (χ3n) is 2.73. The Balaban J connectivity index is 2.97. The lowest BCUT2D eigenvalue weighted by atomic mass is 10.1. The molecule has 106 valence electrons. The number of nitriles is 1. The van der Waals surface area contributed by atoms with Crippen LogP contribution in [0.5, 0.6) is 0 Å². The number of nitrogens with zero attached hydrogens (tertiary/aromatic N) is 2. The van der Waals surface area contributed by atoms with Crippen LogP contribution in [-0.4, -0.2) is 22.9 Å². The maximum atomic E-state index is 12.0. The summed E-state index contributed by atoms with van der Waals surface area (Å²) in [6.07, 6.45) is 2.90. The summed E-state index contributed by atoms with van der Waals surface area (Å²) >= 11 is 3.12. The number of aromatic nitrogens is 1. The number of nitrogens with one attached hydrogen (secondary N) is 1. The fourth-order valence-corrected chi connectivity index (χ4v) is 1.94. The molecule has 0 aromatic carbocycles. The Labute approximate surface area is 125 Å². The zero-order valence-corrected chi connectivity index (χ0v) is 12.7. The van der Waals surface area contributed by atoms with Gasteiger partial charge in [0.25, 0.3) is 12.2 Å². The van der Waals surface area contributed by atoms with E-state index in [1.165, 1.54) is 18.4 Å². The van der Waals surface area contributed by atoms with Crippen LogP contribution in [0.1, 0.15) is 47.7 Å². The highest BCUT2D eigenvalue weighted by Gasteiger charge is 2.18. The molecule has 0 aliphatic heterocycles. The van der Waals surface area contributed by atoms with Crippen molar-refractivity contribution in [2.45, 2.75) is 32.7 Å². The van der Waals surface area contributed by atoms with Crippen molar-refractivity contribution >= 4 is 27.8 Å². The molecular formula is C13H14BrN3O3. The molecule has 0 atom stereocenters. The summed E-state index contributed by atoms with van der Waals surface area (Å²) in [5, 5.41) is 11.2. The first-order chi connectivity index (χ1) is 9.53. The normalized spacial score (nSPS) is 9.95. The van der Waals surface area contributed by atoms with Crippen LogP contribution in [0, 0.1) is 11.5 Å². The second-order valence-electron chi connectivity index (χ2n) is 3.99. The molecule has 7 heteroatoms. The van der Waals surface area contributed by atoms with Crippen molar-refractivity contribution in [3.05, 3.63) is 28.0 Å². The molecule has 0 bridgehead atoms. The van der Waals surface area contributed by atoms with E-state index in [1.807, 2.05) is 13.8 Å². The number of ether oxygens (including phenoxy) is 1. The first-order valence-corrected chi connectivity index (χ1v) is 6.90. The lowest BCUT2D eigenvalue weighted by Crippen LogP contribution is -2.34. The third kappa shape index (κ3) is 4.03. The maximum Gasteiger partial charge on any atom is 0.373 e. The summed E-state index contributed by atoms with van der Waals surface area (Å²) in [5.74, 6) is -1.27. The smallest absolute Gasteiger partial charge is 0.348 e. The summed E-state index contributed by atoms with van der Waals surface area (Å²) in [7, 11) is 0. The molecular weight excluding hydrogens is 326 g/mol. The van der Waals surface area contributed by atoms with Crippen LogP contribution < -0.4 is 5.32 Å². The van der Waals surface area contributed by atoms with Gasteiger partial charge in [-0.05, 0) is 40.9 Å². The quantitative estimate of drug-likeness (QED) is 0.656. The van der Waals surface area contributed by atoms with Gasteiger partial charge in [0.1, 0.15) is 5.69 Å². The molecule has 1 aromatic rings. The number of pyridine rings is 1. The zero-order chi connectivity index (χ0) is 15.1. The van der Waals surface area contributed by atoms with Gasteiger partial charge in [-0.2, -0.15) is 0 Å². The molecule has 0 aliphatic carbocycles. The fourth-order valence-electron chi connectivity index (χ4n) is 1.55. The monoisotopic (exact) mass is 339 g/mol. The second-order valence-corrected chi connectivity index (χ2v) is 4.85. The molecule has 0 radical (unpaired) electrons. The van der Waals surface area contributed by atoms with E-state index < -0.39 is 5.97 Å². The van der Waals surface area contributed by atoms with Gasteiger partial charge in [-0.15, -0.1) is 5.26 Å². The molecule has 1 amide bonds. The highest BCUT2D eigenvalue weighted by molar-refractivity contribution is 9.10. The van der Waals surface area contributed by atoms with E-state index >= 15 is 0 Å². The Bertz CT molecular complexity index is 550. The fraction of sp³-hybridized carbons (Fsp3) is 0.385. The lowest BCUT2D eigenvalue weighted by Gasteiger charge is -2.14. The van der Waals surface area contributed by atoms with Crippen molar-refractivity contribution in [3.63, 3.8) is 0 Å². The Morgan fingerprint density at radius 1 is 1.45 bits per heavy atom. The van der Waals surface area contributed by atoms with Gasteiger partial charge in [-0.25, -0.2) is 9.78 Å². The summed E-state index contributed by atoms with van der Waals surface area (Å²) in [6.45, 7) is 3.94. The number of hydrogen-bond acceptors (Lipinski definition) is 5. The van der Waals surface area contributed by atoms with Crippen LogP contribution in [0.4, 0.5) is 0 Å². The van der Waals surface area contributed by atoms with Crippen molar-refractivity contribution in [2.24, 2.45) is 0 Å². The van der Waals surface area contributed by atoms with Crippen LogP contribution >= 0.6 is 15.9 Å². The van der Waals surface area contributed by atoms with Gasteiger partial charge in [0.05, 0.1) is 4.47 Å². The van der Waals surface area contributed by atoms with Crippen LogP contribution in [-0.2, 0) is 4.74 Å².